The summed E-state index contributed by atoms with van der Waals surface area (Å²) in [6, 6.07) is 54.7. The third kappa shape index (κ3) is 7.25. The van der Waals surface area contributed by atoms with E-state index in [9.17, 15) is 0 Å². The maximum Gasteiger partial charge on any atom is 0.0541 e. The molecule has 0 fully saturated rings. The summed E-state index contributed by atoms with van der Waals surface area (Å²) in [5.74, 6) is 0.433. The Morgan fingerprint density at radius 1 is 0.639 bits per heavy atom. The van der Waals surface area contributed by atoms with E-state index in [-0.39, 0.29) is 0 Å². The van der Waals surface area contributed by atoms with Crippen LogP contribution < -0.4 is 0 Å². The van der Waals surface area contributed by atoms with Gasteiger partial charge in [0.15, 0.2) is 0 Å². The topological polar surface area (TPSA) is 9.86 Å². The van der Waals surface area contributed by atoms with E-state index in [0.717, 1.165) is 32.1 Å². The van der Waals surface area contributed by atoms with Crippen molar-refractivity contribution in [2.45, 2.75) is 71.1 Å². The van der Waals surface area contributed by atoms with Crippen molar-refractivity contribution in [1.29, 1.82) is 0 Å². The van der Waals surface area contributed by atoms with Crippen LogP contribution in [0, 0.1) is 6.92 Å². The van der Waals surface area contributed by atoms with Crippen LogP contribution in [0.5, 0.6) is 0 Å². The summed E-state index contributed by atoms with van der Waals surface area (Å²) in [7, 11) is 0. The molecule has 300 valence electrons. The fourth-order valence-electron chi connectivity index (χ4n) is 10.0. The van der Waals surface area contributed by atoms with Crippen LogP contribution in [0.25, 0.3) is 77.8 Å². The number of aryl methyl sites for hydroxylation is 3. The summed E-state index contributed by atoms with van der Waals surface area (Å²) >= 11 is 0. The van der Waals surface area contributed by atoms with Crippen LogP contribution in [0.2, 0.25) is 0 Å². The first-order valence-electron chi connectivity index (χ1n) is 22.4. The molecule has 10 rings (SSSR count). The number of hydrogen-bond donors (Lipinski definition) is 0. The van der Waals surface area contributed by atoms with Crippen molar-refractivity contribution in [1.82, 2.24) is 9.13 Å². The number of allylic oxidation sites excluding steroid dienone is 4. The lowest BCUT2D eigenvalue weighted by Crippen LogP contribution is -1.97. The number of unbranched alkanes of at least 4 members (excludes halogenated alkanes) is 2. The van der Waals surface area contributed by atoms with Crippen molar-refractivity contribution in [2.24, 2.45) is 0 Å². The van der Waals surface area contributed by atoms with Gasteiger partial charge in [-0.3, -0.25) is 0 Å². The maximum atomic E-state index is 3.89. The molecular formula is C59H54N2. The summed E-state index contributed by atoms with van der Waals surface area (Å²) in [4.78, 5) is 0. The molecule has 0 saturated heterocycles. The first-order valence-corrected chi connectivity index (χ1v) is 22.4. The molecule has 0 aliphatic heterocycles. The van der Waals surface area contributed by atoms with Crippen molar-refractivity contribution in [3.8, 4) is 27.9 Å². The number of rotatable bonds is 13. The second kappa shape index (κ2) is 16.8. The second-order valence-electron chi connectivity index (χ2n) is 17.0. The molecule has 1 atom stereocenters. The molecule has 2 aromatic heterocycles. The Morgan fingerprint density at radius 3 is 2.18 bits per heavy atom. The SMILES string of the molecule is C=CCC/C=C\n1c2ccccc2c2cc(-c3ccc(-c4cc5c(cc4C)CCC5/C=C\Cc4ccc5c(c4)c4ccccc4n5-c4ccccc4)c(CCCC)c3)ccc21. The molecule has 0 N–H and O–H groups in total. The Hall–Kier alpha value is -6.64. The highest BCUT2D eigenvalue weighted by Gasteiger charge is 2.23. The van der Waals surface area contributed by atoms with Crippen LogP contribution in [0.4, 0.5) is 0 Å². The molecule has 0 amide bonds. The van der Waals surface area contributed by atoms with Crippen molar-refractivity contribution < 1.29 is 0 Å². The van der Waals surface area contributed by atoms with Gasteiger partial charge in [-0.1, -0.05) is 135 Å². The molecule has 61 heavy (non-hydrogen) atoms. The molecule has 0 spiro atoms. The molecule has 1 aliphatic rings. The molecule has 0 saturated carbocycles. The Bertz CT molecular complexity index is 3130. The van der Waals surface area contributed by atoms with Gasteiger partial charge < -0.3 is 9.13 Å². The number of hydrogen-bond acceptors (Lipinski definition) is 0. The van der Waals surface area contributed by atoms with Crippen LogP contribution >= 0.6 is 0 Å². The zero-order valence-electron chi connectivity index (χ0n) is 35.6. The van der Waals surface area contributed by atoms with E-state index in [1.54, 1.807) is 0 Å². The van der Waals surface area contributed by atoms with E-state index in [4.69, 9.17) is 0 Å². The third-order valence-corrected chi connectivity index (χ3v) is 13.1. The molecule has 2 heterocycles. The third-order valence-electron chi connectivity index (χ3n) is 13.1. The van der Waals surface area contributed by atoms with Crippen molar-refractivity contribution in [3.63, 3.8) is 0 Å². The van der Waals surface area contributed by atoms with Crippen LogP contribution in [0.15, 0.2) is 176 Å². The Morgan fingerprint density at radius 2 is 1.34 bits per heavy atom. The monoisotopic (exact) mass is 790 g/mol. The zero-order chi connectivity index (χ0) is 41.3. The molecule has 9 aromatic rings. The van der Waals surface area contributed by atoms with Crippen LogP contribution in [-0.4, -0.2) is 9.13 Å². The van der Waals surface area contributed by atoms with E-state index in [1.165, 1.54) is 119 Å². The standard InChI is InChI=1S/C59H54N2/c1-4-6-8-16-35-60-56-25-14-12-23-50(56)55-39-45(31-34-57(55)60)44-30-32-49(46(38-44)19-7-5-2)52-40-53-43(28-29-47(53)36-41(52)3)20-17-18-42-27-33-59-54(37-42)51-24-13-15-26-58(51)61(59)48-21-10-9-11-22-48/h4,9-17,20-27,30-40,43H,1,5-8,18-19,28-29H2,2-3H3/b20-17-,35-16-. The van der Waals surface area contributed by atoms with E-state index in [1.807, 2.05) is 6.08 Å². The minimum absolute atomic E-state index is 0.433. The van der Waals surface area contributed by atoms with Crippen molar-refractivity contribution in [3.05, 3.63) is 204 Å². The quantitative estimate of drug-likeness (QED) is 0.0813. The van der Waals surface area contributed by atoms with Gasteiger partial charge in [-0.2, -0.15) is 0 Å². The molecular weight excluding hydrogens is 737 g/mol. The number of nitrogens with zero attached hydrogens (tertiary/aromatic N) is 2. The molecule has 1 unspecified atom stereocenters. The highest BCUT2D eigenvalue weighted by Crippen LogP contribution is 2.41. The average molecular weight is 791 g/mol. The smallest absolute Gasteiger partial charge is 0.0541 e. The highest BCUT2D eigenvalue weighted by atomic mass is 15.0. The lowest BCUT2D eigenvalue weighted by Gasteiger charge is -2.17. The van der Waals surface area contributed by atoms with Gasteiger partial charge in [0.05, 0.1) is 22.1 Å². The molecule has 0 bridgehead atoms. The van der Waals surface area contributed by atoms with E-state index >= 15 is 0 Å². The fraction of sp³-hybridized carbons (Fsp3) is 0.186. The molecule has 7 aromatic carbocycles. The van der Waals surface area contributed by atoms with Gasteiger partial charge in [0.2, 0.25) is 0 Å². The van der Waals surface area contributed by atoms with E-state index in [0.29, 0.717) is 5.92 Å². The van der Waals surface area contributed by atoms with E-state index in [2.05, 4.69) is 200 Å². The summed E-state index contributed by atoms with van der Waals surface area (Å²) in [6.45, 7) is 8.51. The Labute approximate surface area is 360 Å². The van der Waals surface area contributed by atoms with Crippen molar-refractivity contribution >= 4 is 49.8 Å². The molecule has 2 heteroatoms. The maximum absolute atomic E-state index is 3.89. The van der Waals surface area contributed by atoms with Gasteiger partial charge in [0.25, 0.3) is 0 Å². The van der Waals surface area contributed by atoms with Crippen LogP contribution in [0.3, 0.4) is 0 Å². The second-order valence-corrected chi connectivity index (χ2v) is 17.0. The first kappa shape index (κ1) is 38.6. The predicted octanol–water partition coefficient (Wildman–Crippen LogP) is 16.1. The molecule has 1 aliphatic carbocycles. The molecule has 2 nitrogen and oxygen atoms in total. The summed E-state index contributed by atoms with van der Waals surface area (Å²) in [5.41, 5.74) is 18.7. The largest absolute Gasteiger partial charge is 0.316 e. The number of fused-ring (bicyclic) bond motifs is 7. The van der Waals surface area contributed by atoms with Crippen molar-refractivity contribution in [2.75, 3.05) is 0 Å². The summed E-state index contributed by atoms with van der Waals surface area (Å²) in [5, 5.41) is 5.21. The number of para-hydroxylation sites is 3. The number of aromatic nitrogens is 2. The highest BCUT2D eigenvalue weighted by molar-refractivity contribution is 6.11. The van der Waals surface area contributed by atoms with Gasteiger partial charge >= 0.3 is 0 Å². The zero-order valence-corrected chi connectivity index (χ0v) is 35.6. The average Bonchev–Trinajstić information content (AvgIpc) is 3.96. The van der Waals surface area contributed by atoms with Gasteiger partial charge in [-0.15, -0.1) is 6.58 Å². The summed E-state index contributed by atoms with van der Waals surface area (Å²) < 4.78 is 4.74. The van der Waals surface area contributed by atoms with Gasteiger partial charge in [-0.25, -0.2) is 0 Å². The fourth-order valence-corrected chi connectivity index (χ4v) is 10.0. The molecule has 0 radical (unpaired) electrons. The minimum Gasteiger partial charge on any atom is -0.316 e. The lowest BCUT2D eigenvalue weighted by atomic mass is 9.87. The Balaban J connectivity index is 0.943. The lowest BCUT2D eigenvalue weighted by molar-refractivity contribution is 0.796. The Kier molecular flexibility index (Phi) is 10.6. The van der Waals surface area contributed by atoms with Crippen LogP contribution in [0.1, 0.15) is 72.8 Å². The van der Waals surface area contributed by atoms with Crippen LogP contribution in [-0.2, 0) is 19.3 Å². The van der Waals surface area contributed by atoms with E-state index < -0.39 is 0 Å². The first-order chi connectivity index (χ1) is 30.1. The minimum atomic E-state index is 0.433. The van der Waals surface area contributed by atoms with Gasteiger partial charge in [0.1, 0.15) is 0 Å². The van der Waals surface area contributed by atoms with Gasteiger partial charge in [-0.05, 0) is 150 Å². The normalized spacial score (nSPS) is 14.1. The van der Waals surface area contributed by atoms with Gasteiger partial charge in [0, 0.05) is 39.4 Å². The predicted molar refractivity (Wildman–Crippen MR) is 263 cm³/mol. The summed E-state index contributed by atoms with van der Waals surface area (Å²) in [6.07, 6.45) is 20.0. The number of benzene rings is 7.